The fraction of sp³-hybridized carbons (Fsp3) is 0.929. The van der Waals surface area contributed by atoms with Gasteiger partial charge < -0.3 is 4.90 Å². The highest BCUT2D eigenvalue weighted by Crippen LogP contribution is 2.26. The first kappa shape index (κ1) is 15.7. The molecule has 0 unspecified atom stereocenters. The average Bonchev–Trinajstić information content (AvgIpc) is 2.48. The zero-order chi connectivity index (χ0) is 13.7. The van der Waals surface area contributed by atoms with E-state index in [9.17, 15) is 4.79 Å². The molecule has 0 aromatic carbocycles. The summed E-state index contributed by atoms with van der Waals surface area (Å²) in [5.41, 5.74) is 0. The molecule has 0 aliphatic carbocycles. The largest absolute Gasteiger partial charge is 0.303 e. The number of ketones is 1. The molecular weight excluding hydrogens is 276 g/mol. The molecule has 0 atom stereocenters. The van der Waals surface area contributed by atoms with Gasteiger partial charge in [-0.25, -0.2) is 4.31 Å². The molecule has 0 bridgehead atoms. The Morgan fingerprint density at radius 2 is 1.79 bits per heavy atom. The van der Waals surface area contributed by atoms with E-state index in [0.29, 0.717) is 18.1 Å². The third kappa shape index (κ3) is 4.66. The second-order valence-corrected chi connectivity index (χ2v) is 7.02. The Bertz CT molecular complexity index is 285. The number of carbonyl (C=O) groups is 1. The quantitative estimate of drug-likeness (QED) is 0.479. The van der Waals surface area contributed by atoms with Gasteiger partial charge in [0.1, 0.15) is 5.78 Å². The predicted molar refractivity (Wildman–Crippen MR) is 85.3 cm³/mol. The molecule has 19 heavy (non-hydrogen) atoms. The van der Waals surface area contributed by atoms with Crippen molar-refractivity contribution >= 4 is 28.4 Å². The minimum atomic E-state index is 0.351. The van der Waals surface area contributed by atoms with E-state index in [0.717, 1.165) is 31.8 Å². The molecule has 0 saturated carbocycles. The zero-order valence-corrected chi connectivity index (χ0v) is 13.6. The summed E-state index contributed by atoms with van der Waals surface area (Å²) >= 11 is 4.26. The van der Waals surface area contributed by atoms with Gasteiger partial charge in [0.25, 0.3) is 0 Å². The maximum absolute atomic E-state index is 11.7. The van der Waals surface area contributed by atoms with Crippen LogP contribution in [0.3, 0.4) is 0 Å². The lowest BCUT2D eigenvalue weighted by Crippen LogP contribution is -2.41. The number of hydrogen-bond donors (Lipinski definition) is 1. The smallest absolute Gasteiger partial charge is 0.135 e. The molecule has 2 aliphatic heterocycles. The van der Waals surface area contributed by atoms with Crippen molar-refractivity contribution in [3.63, 3.8) is 0 Å². The second kappa shape index (κ2) is 7.91. The van der Waals surface area contributed by atoms with Crippen LogP contribution in [0.2, 0.25) is 0 Å². The van der Waals surface area contributed by atoms with E-state index in [-0.39, 0.29) is 0 Å². The Morgan fingerprint density at radius 1 is 1.16 bits per heavy atom. The van der Waals surface area contributed by atoms with Gasteiger partial charge in [0.05, 0.1) is 0 Å². The first-order valence-electron chi connectivity index (χ1n) is 7.54. The number of carbonyl (C=O) groups excluding carboxylic acids is 1. The molecule has 2 fully saturated rings. The summed E-state index contributed by atoms with van der Waals surface area (Å²) in [5.74, 6) is 1.66. The van der Waals surface area contributed by atoms with Crippen LogP contribution in [0.5, 0.6) is 0 Å². The Balaban J connectivity index is 1.67. The SMILES string of the molecule is CCC(=O)C1CCN(CC2CCN(SS)CC2)CC1. The van der Waals surface area contributed by atoms with Crippen LogP contribution in [-0.4, -0.2) is 47.7 Å². The van der Waals surface area contributed by atoms with Crippen LogP contribution in [0.15, 0.2) is 0 Å². The molecule has 2 saturated heterocycles. The fourth-order valence-electron chi connectivity index (χ4n) is 3.26. The number of likely N-dealkylation sites (tertiary alicyclic amines) is 1. The van der Waals surface area contributed by atoms with Crippen molar-refractivity contribution in [2.75, 3.05) is 32.7 Å². The molecule has 0 aromatic rings. The lowest BCUT2D eigenvalue weighted by Gasteiger charge is -2.36. The van der Waals surface area contributed by atoms with Crippen molar-refractivity contribution in [3.05, 3.63) is 0 Å². The number of rotatable bonds is 5. The van der Waals surface area contributed by atoms with Crippen molar-refractivity contribution < 1.29 is 4.79 Å². The van der Waals surface area contributed by atoms with E-state index in [1.807, 2.05) is 6.92 Å². The highest BCUT2D eigenvalue weighted by Gasteiger charge is 2.26. The molecule has 0 radical (unpaired) electrons. The summed E-state index contributed by atoms with van der Waals surface area (Å²) in [4.78, 5) is 14.3. The Morgan fingerprint density at radius 3 is 2.32 bits per heavy atom. The Labute approximate surface area is 126 Å². The summed E-state index contributed by atoms with van der Waals surface area (Å²) in [7, 11) is 1.58. The highest BCUT2D eigenvalue weighted by atomic mass is 33.1. The molecule has 5 heteroatoms. The van der Waals surface area contributed by atoms with Crippen LogP contribution in [0.1, 0.15) is 39.0 Å². The van der Waals surface area contributed by atoms with Gasteiger partial charge in [-0.15, -0.1) is 0 Å². The third-order valence-corrected chi connectivity index (χ3v) is 5.89. The van der Waals surface area contributed by atoms with Crippen LogP contribution < -0.4 is 0 Å². The van der Waals surface area contributed by atoms with Gasteiger partial charge in [-0.1, -0.05) is 18.6 Å². The number of piperidine rings is 2. The molecule has 110 valence electrons. The Hall–Kier alpha value is 0.290. The van der Waals surface area contributed by atoms with E-state index >= 15 is 0 Å². The van der Waals surface area contributed by atoms with Crippen LogP contribution in [-0.2, 0) is 4.79 Å². The van der Waals surface area contributed by atoms with Gasteiger partial charge in [-0.05, 0) is 55.7 Å². The summed E-state index contributed by atoms with van der Waals surface area (Å²) < 4.78 is 2.34. The van der Waals surface area contributed by atoms with E-state index in [4.69, 9.17) is 0 Å². The fourth-order valence-corrected chi connectivity index (χ4v) is 4.13. The molecule has 3 nitrogen and oxygen atoms in total. The number of hydrogen-bond acceptors (Lipinski definition) is 5. The second-order valence-electron chi connectivity index (χ2n) is 5.85. The first-order valence-corrected chi connectivity index (χ1v) is 9.37. The van der Waals surface area contributed by atoms with E-state index < -0.39 is 0 Å². The molecule has 0 aromatic heterocycles. The van der Waals surface area contributed by atoms with Gasteiger partial charge in [0, 0.05) is 32.0 Å². The normalized spacial score (nSPS) is 24.7. The van der Waals surface area contributed by atoms with Gasteiger partial charge in [-0.2, -0.15) is 0 Å². The third-order valence-electron chi connectivity index (χ3n) is 4.60. The first-order chi connectivity index (χ1) is 9.22. The van der Waals surface area contributed by atoms with Crippen LogP contribution in [0, 0.1) is 11.8 Å². The number of thiol groups is 1. The topological polar surface area (TPSA) is 23.6 Å². The minimum absolute atomic E-state index is 0.351. The van der Waals surface area contributed by atoms with E-state index in [1.165, 1.54) is 32.5 Å². The van der Waals surface area contributed by atoms with Gasteiger partial charge in [-0.3, -0.25) is 4.79 Å². The number of nitrogens with zero attached hydrogens (tertiary/aromatic N) is 2. The molecule has 0 spiro atoms. The molecule has 0 N–H and O–H groups in total. The van der Waals surface area contributed by atoms with Crippen molar-refractivity contribution in [1.29, 1.82) is 0 Å². The monoisotopic (exact) mass is 302 g/mol. The standard InChI is InChI=1S/C14H26N2OS2/c1-2-14(17)13-5-7-15(8-6-13)11-12-3-9-16(19-18)10-4-12/h12-13,18H,2-11H2,1H3. The molecule has 2 heterocycles. The Kier molecular flexibility index (Phi) is 6.53. The molecule has 0 amide bonds. The van der Waals surface area contributed by atoms with Crippen molar-refractivity contribution in [1.82, 2.24) is 9.21 Å². The maximum atomic E-state index is 11.7. The molecule has 2 aliphatic rings. The summed E-state index contributed by atoms with van der Waals surface area (Å²) in [5, 5.41) is 0. The lowest BCUT2D eigenvalue weighted by atomic mass is 9.90. The predicted octanol–water partition coefficient (Wildman–Crippen LogP) is 2.88. The van der Waals surface area contributed by atoms with Crippen LogP contribution >= 0.6 is 22.6 Å². The van der Waals surface area contributed by atoms with Gasteiger partial charge >= 0.3 is 0 Å². The van der Waals surface area contributed by atoms with E-state index in [2.05, 4.69) is 20.9 Å². The summed E-state index contributed by atoms with van der Waals surface area (Å²) in [6, 6.07) is 0. The zero-order valence-electron chi connectivity index (χ0n) is 11.9. The molecular formula is C14H26N2OS2. The molecule has 2 rings (SSSR count). The lowest BCUT2D eigenvalue weighted by molar-refractivity contribution is -0.124. The average molecular weight is 303 g/mol. The summed E-state index contributed by atoms with van der Waals surface area (Å²) in [6.07, 6.45) is 5.46. The van der Waals surface area contributed by atoms with Gasteiger partial charge in [0.15, 0.2) is 0 Å². The van der Waals surface area contributed by atoms with Crippen molar-refractivity contribution in [2.24, 2.45) is 11.8 Å². The van der Waals surface area contributed by atoms with Crippen molar-refractivity contribution in [3.8, 4) is 0 Å². The van der Waals surface area contributed by atoms with Gasteiger partial charge in [0.2, 0.25) is 0 Å². The minimum Gasteiger partial charge on any atom is -0.303 e. The maximum Gasteiger partial charge on any atom is 0.135 e. The summed E-state index contributed by atoms with van der Waals surface area (Å²) in [6.45, 7) is 7.81. The number of Topliss-reactive ketones (excluding diaryl/α,β-unsaturated/α-hetero) is 1. The van der Waals surface area contributed by atoms with E-state index in [1.54, 1.807) is 11.0 Å². The van der Waals surface area contributed by atoms with Crippen LogP contribution in [0.25, 0.3) is 0 Å². The van der Waals surface area contributed by atoms with Crippen LogP contribution in [0.4, 0.5) is 0 Å². The van der Waals surface area contributed by atoms with Crippen molar-refractivity contribution in [2.45, 2.75) is 39.0 Å². The highest BCUT2D eigenvalue weighted by molar-refractivity contribution is 8.67.